The largest absolute Gasteiger partial charge is 0.462 e. The van der Waals surface area contributed by atoms with Crippen LogP contribution in [0.5, 0.6) is 0 Å². The van der Waals surface area contributed by atoms with Crippen LogP contribution in [0.25, 0.3) is 0 Å². The zero-order valence-corrected chi connectivity index (χ0v) is 8.43. The summed E-state index contributed by atoms with van der Waals surface area (Å²) in [6.07, 6.45) is 1.10. The summed E-state index contributed by atoms with van der Waals surface area (Å²) in [5.41, 5.74) is 1.00. The summed E-state index contributed by atoms with van der Waals surface area (Å²) in [6, 6.07) is 9.64. The van der Waals surface area contributed by atoms with E-state index in [1.54, 1.807) is 0 Å². The normalized spacial score (nSPS) is 25.3. The molecule has 0 bridgehead atoms. The van der Waals surface area contributed by atoms with Gasteiger partial charge in [-0.3, -0.25) is 4.79 Å². The van der Waals surface area contributed by atoms with Gasteiger partial charge < -0.3 is 9.84 Å². The topological polar surface area (TPSA) is 46.5 Å². The molecule has 2 rings (SSSR count). The van der Waals surface area contributed by atoms with Crippen molar-refractivity contribution in [1.29, 1.82) is 0 Å². The van der Waals surface area contributed by atoms with Crippen molar-refractivity contribution in [3.05, 3.63) is 35.9 Å². The molecule has 1 aromatic rings. The van der Waals surface area contributed by atoms with Gasteiger partial charge in [0.1, 0.15) is 6.10 Å². The molecular formula is C12H14O3. The van der Waals surface area contributed by atoms with Crippen molar-refractivity contribution in [3.63, 3.8) is 0 Å². The molecule has 1 aliphatic rings. The Morgan fingerprint density at radius 3 is 2.73 bits per heavy atom. The van der Waals surface area contributed by atoms with E-state index in [1.807, 2.05) is 30.3 Å². The van der Waals surface area contributed by atoms with E-state index in [1.165, 1.54) is 0 Å². The van der Waals surface area contributed by atoms with E-state index >= 15 is 0 Å². The van der Waals surface area contributed by atoms with Gasteiger partial charge in [0.25, 0.3) is 0 Å². The molecule has 1 unspecified atom stereocenters. The molecule has 0 saturated carbocycles. The molecular weight excluding hydrogens is 192 g/mol. The van der Waals surface area contributed by atoms with Gasteiger partial charge >= 0.3 is 5.97 Å². The lowest BCUT2D eigenvalue weighted by atomic mass is 9.95. The van der Waals surface area contributed by atoms with Crippen LogP contribution in [0.3, 0.4) is 0 Å². The SMILES string of the molecule is O=C1O[C@H](CCO)CC1c1ccccc1. The van der Waals surface area contributed by atoms with Crippen molar-refractivity contribution >= 4 is 5.97 Å². The number of cyclic esters (lactones) is 1. The summed E-state index contributed by atoms with van der Waals surface area (Å²) in [4.78, 5) is 11.6. The first-order valence-corrected chi connectivity index (χ1v) is 5.17. The average molecular weight is 206 g/mol. The number of aliphatic hydroxyl groups is 1. The summed E-state index contributed by atoms with van der Waals surface area (Å²) in [7, 11) is 0. The summed E-state index contributed by atoms with van der Waals surface area (Å²) in [6.45, 7) is 0.0689. The van der Waals surface area contributed by atoms with E-state index in [9.17, 15) is 4.79 Å². The Labute approximate surface area is 88.7 Å². The maximum Gasteiger partial charge on any atom is 0.313 e. The van der Waals surface area contributed by atoms with Gasteiger partial charge in [0.05, 0.1) is 5.92 Å². The Balaban J connectivity index is 2.09. The van der Waals surface area contributed by atoms with Crippen molar-refractivity contribution in [2.24, 2.45) is 0 Å². The van der Waals surface area contributed by atoms with E-state index in [4.69, 9.17) is 9.84 Å². The third-order valence-corrected chi connectivity index (χ3v) is 2.72. The third kappa shape index (κ3) is 2.18. The molecule has 0 aromatic heterocycles. The van der Waals surface area contributed by atoms with Crippen LogP contribution in [0, 0.1) is 0 Å². The highest BCUT2D eigenvalue weighted by Gasteiger charge is 2.34. The van der Waals surface area contributed by atoms with E-state index in [2.05, 4.69) is 0 Å². The smallest absolute Gasteiger partial charge is 0.313 e. The summed E-state index contributed by atoms with van der Waals surface area (Å²) >= 11 is 0. The van der Waals surface area contributed by atoms with Gasteiger partial charge in [-0.1, -0.05) is 30.3 Å². The van der Waals surface area contributed by atoms with E-state index in [0.29, 0.717) is 12.8 Å². The van der Waals surface area contributed by atoms with Crippen LogP contribution in [0.2, 0.25) is 0 Å². The van der Waals surface area contributed by atoms with E-state index in [-0.39, 0.29) is 24.6 Å². The molecule has 3 heteroatoms. The first kappa shape index (κ1) is 10.2. The van der Waals surface area contributed by atoms with Crippen LogP contribution in [0.15, 0.2) is 30.3 Å². The lowest BCUT2D eigenvalue weighted by Crippen LogP contribution is -2.08. The molecule has 80 valence electrons. The van der Waals surface area contributed by atoms with Crippen molar-refractivity contribution in [2.75, 3.05) is 6.61 Å². The second kappa shape index (κ2) is 4.45. The van der Waals surface area contributed by atoms with Crippen molar-refractivity contribution in [3.8, 4) is 0 Å². The Hall–Kier alpha value is -1.35. The minimum Gasteiger partial charge on any atom is -0.462 e. The monoisotopic (exact) mass is 206 g/mol. The predicted molar refractivity (Wildman–Crippen MR) is 55.4 cm³/mol. The number of aliphatic hydroxyl groups excluding tert-OH is 1. The Kier molecular flexibility index (Phi) is 3.02. The molecule has 0 aliphatic carbocycles. The minimum atomic E-state index is -0.167. The lowest BCUT2D eigenvalue weighted by molar-refractivity contribution is -0.142. The lowest BCUT2D eigenvalue weighted by Gasteiger charge is -2.05. The Morgan fingerprint density at radius 2 is 2.07 bits per heavy atom. The number of carbonyl (C=O) groups excluding carboxylic acids is 1. The zero-order chi connectivity index (χ0) is 10.7. The fourth-order valence-corrected chi connectivity index (χ4v) is 1.93. The van der Waals surface area contributed by atoms with Gasteiger partial charge in [-0.25, -0.2) is 0 Å². The molecule has 1 aliphatic heterocycles. The number of benzene rings is 1. The van der Waals surface area contributed by atoms with Crippen LogP contribution >= 0.6 is 0 Å². The average Bonchev–Trinajstić information content (AvgIpc) is 2.61. The van der Waals surface area contributed by atoms with Gasteiger partial charge in [0.2, 0.25) is 0 Å². The maximum atomic E-state index is 11.6. The van der Waals surface area contributed by atoms with Crippen molar-refractivity contribution in [1.82, 2.24) is 0 Å². The van der Waals surface area contributed by atoms with E-state index < -0.39 is 0 Å². The first-order valence-electron chi connectivity index (χ1n) is 5.17. The van der Waals surface area contributed by atoms with Gasteiger partial charge in [-0.15, -0.1) is 0 Å². The second-order valence-corrected chi connectivity index (χ2v) is 3.77. The Bertz CT molecular complexity index is 334. The second-order valence-electron chi connectivity index (χ2n) is 3.77. The van der Waals surface area contributed by atoms with Crippen LogP contribution in [0.1, 0.15) is 24.3 Å². The number of carbonyl (C=O) groups is 1. The number of rotatable bonds is 3. The molecule has 15 heavy (non-hydrogen) atoms. The number of hydrogen-bond acceptors (Lipinski definition) is 3. The predicted octanol–water partition coefficient (Wildman–Crippen LogP) is 1.47. The number of esters is 1. The molecule has 0 spiro atoms. The van der Waals surface area contributed by atoms with Gasteiger partial charge in [-0.2, -0.15) is 0 Å². The quantitative estimate of drug-likeness (QED) is 0.762. The van der Waals surface area contributed by atoms with Gasteiger partial charge in [-0.05, 0) is 5.56 Å². The minimum absolute atomic E-state index is 0.0689. The van der Waals surface area contributed by atoms with Crippen LogP contribution < -0.4 is 0 Å². The van der Waals surface area contributed by atoms with Crippen LogP contribution in [0.4, 0.5) is 0 Å². The standard InChI is InChI=1S/C12H14O3/c13-7-6-10-8-11(12(14)15-10)9-4-2-1-3-5-9/h1-5,10-11,13H,6-8H2/t10-,11?/m1/s1. The van der Waals surface area contributed by atoms with Crippen molar-refractivity contribution in [2.45, 2.75) is 24.9 Å². The number of ether oxygens (including phenoxy) is 1. The van der Waals surface area contributed by atoms with E-state index in [0.717, 1.165) is 5.56 Å². The number of hydrogen-bond donors (Lipinski definition) is 1. The molecule has 0 amide bonds. The first-order chi connectivity index (χ1) is 7.31. The van der Waals surface area contributed by atoms with Crippen molar-refractivity contribution < 1.29 is 14.6 Å². The fourth-order valence-electron chi connectivity index (χ4n) is 1.93. The molecule has 3 nitrogen and oxygen atoms in total. The molecule has 1 N–H and O–H groups in total. The molecule has 1 fully saturated rings. The van der Waals surface area contributed by atoms with Gasteiger partial charge in [0.15, 0.2) is 0 Å². The maximum absolute atomic E-state index is 11.6. The molecule has 1 aromatic carbocycles. The molecule has 0 radical (unpaired) electrons. The van der Waals surface area contributed by atoms with Gasteiger partial charge in [0, 0.05) is 19.4 Å². The zero-order valence-electron chi connectivity index (χ0n) is 8.43. The molecule has 1 saturated heterocycles. The molecule has 1 heterocycles. The summed E-state index contributed by atoms with van der Waals surface area (Å²) < 4.78 is 5.17. The Morgan fingerprint density at radius 1 is 1.33 bits per heavy atom. The van der Waals surface area contributed by atoms with Crippen LogP contribution in [-0.4, -0.2) is 23.8 Å². The highest BCUT2D eigenvalue weighted by molar-refractivity contribution is 5.80. The summed E-state index contributed by atoms with van der Waals surface area (Å²) in [5.74, 6) is -0.317. The summed E-state index contributed by atoms with van der Waals surface area (Å²) in [5, 5.41) is 8.78. The highest BCUT2D eigenvalue weighted by Crippen LogP contribution is 2.31. The van der Waals surface area contributed by atoms with Crippen LogP contribution in [-0.2, 0) is 9.53 Å². The third-order valence-electron chi connectivity index (χ3n) is 2.72. The highest BCUT2D eigenvalue weighted by atomic mass is 16.6. The molecule has 2 atom stereocenters. The fraction of sp³-hybridized carbons (Fsp3) is 0.417.